The number of ether oxygens (including phenoxy) is 15. The number of esters is 3. The number of Topliss-reactive ketones (excluding diaryl/α,β-unsaturated/α-hetero) is 2. The first-order valence-electron chi connectivity index (χ1n) is 32.6. The number of cyclic esters (lactones) is 3. The van der Waals surface area contributed by atoms with E-state index >= 15 is 0 Å². The van der Waals surface area contributed by atoms with E-state index in [0.29, 0.717) is 17.9 Å². The third-order valence-corrected chi connectivity index (χ3v) is 27.4. The number of fused-ring (bicyclic) bond motifs is 3. The quantitative estimate of drug-likeness (QED) is 0.0412. The molecule has 0 aromatic carbocycles. The molecule has 32 nitrogen and oxygen atoms in total. The predicted molar refractivity (Wildman–Crippen MR) is 350 cm³/mol. The molecule has 0 amide bonds. The fourth-order valence-corrected chi connectivity index (χ4v) is 14.4. The third-order valence-electron chi connectivity index (χ3n) is 17.0. The van der Waals surface area contributed by atoms with Gasteiger partial charge >= 0.3 is 17.9 Å². The normalized spacial score (nSPS) is 37.5. The Kier molecular flexibility index (Phi) is 35.1. The Bertz CT molecular complexity index is 2410. The van der Waals surface area contributed by atoms with Gasteiger partial charge in [-0.3, -0.25) is 9.59 Å². The largest absolute Gasteiger partial charge is 0.457 e. The first-order chi connectivity index (χ1) is 44.0. The van der Waals surface area contributed by atoms with Gasteiger partial charge in [0.05, 0.1) is 46.2 Å². The van der Waals surface area contributed by atoms with Crippen LogP contribution in [0.4, 0.5) is 0 Å². The second-order valence-corrected chi connectivity index (χ2v) is 36.2. The number of alkyl halides is 1. The summed E-state index contributed by atoms with van der Waals surface area (Å²) in [5.41, 5.74) is 0. The Labute approximate surface area is 583 Å². The molecule has 13 N–H and O–H groups in total. The highest BCUT2D eigenvalue weighted by molar-refractivity contribution is 14.1. The predicted octanol–water partition coefficient (Wildman–Crippen LogP) is 0.321. The molecule has 0 radical (unpaired) electrons. The lowest BCUT2D eigenvalue weighted by atomic mass is 10.0. The molecule has 10 heterocycles. The van der Waals surface area contributed by atoms with Crippen LogP contribution in [0.3, 0.4) is 0 Å². The van der Waals surface area contributed by atoms with Crippen molar-refractivity contribution >= 4 is 60.1 Å². The molecule has 10 aliphatic heterocycles. The van der Waals surface area contributed by atoms with Crippen molar-refractivity contribution in [3.05, 3.63) is 0 Å². The molecule has 34 heteroatoms. The fraction of sp³-hybridized carbons (Fsp3) is 0.921. The summed E-state index contributed by atoms with van der Waals surface area (Å²) in [4.78, 5) is 55.5. The number of aliphatic hydroxyl groups is 11. The van der Waals surface area contributed by atoms with E-state index in [2.05, 4.69) is 65.9 Å². The number of aliphatic hydroxyl groups excluding tert-OH is 11. The van der Waals surface area contributed by atoms with Crippen LogP contribution < -0.4 is 0 Å². The number of rotatable bonds is 12. The van der Waals surface area contributed by atoms with Gasteiger partial charge in [0.15, 0.2) is 95.8 Å². The molecule has 23 atom stereocenters. The van der Waals surface area contributed by atoms with Crippen molar-refractivity contribution < 1.29 is 157 Å². The van der Waals surface area contributed by atoms with Gasteiger partial charge in [-0.15, -0.1) is 0 Å². The minimum absolute atomic E-state index is 0. The molecule has 0 aromatic rings. The van der Waals surface area contributed by atoms with Crippen LogP contribution in [-0.4, -0.2) is 293 Å². The fourth-order valence-electron chi connectivity index (χ4n) is 10.6. The minimum atomic E-state index is -1.50. The first-order valence-corrected chi connectivity index (χ1v) is 37.3. The number of carbonyl (C=O) groups excluding carboxylic acids is 5. The van der Waals surface area contributed by atoms with E-state index in [1.165, 1.54) is 11.0 Å². The molecule has 10 saturated heterocycles. The maximum Gasteiger partial charge on any atom is 0.338 e. The van der Waals surface area contributed by atoms with Gasteiger partial charge in [-0.05, 0) is 111 Å². The van der Waals surface area contributed by atoms with Gasteiger partial charge in [0.2, 0.25) is 0 Å². The lowest BCUT2D eigenvalue weighted by Gasteiger charge is -2.35. The molecule has 7 unspecified atom stereocenters. The van der Waals surface area contributed by atoms with Crippen LogP contribution in [0.2, 0.25) is 18.1 Å². The molecule has 10 rings (SSSR count). The summed E-state index contributed by atoms with van der Waals surface area (Å²) in [7, 11) is -0.892. The molecule has 10 fully saturated rings. The van der Waals surface area contributed by atoms with Crippen LogP contribution >= 0.6 is 22.6 Å². The van der Waals surface area contributed by atoms with Gasteiger partial charge in [0.1, 0.15) is 67.1 Å². The first kappa shape index (κ1) is 90.8. The molecule has 0 aromatic heterocycles. The van der Waals surface area contributed by atoms with Crippen molar-refractivity contribution in [3.63, 3.8) is 0 Å². The van der Waals surface area contributed by atoms with E-state index in [9.17, 15) is 39.3 Å². The molecular formula is C63H115IO32Si. The summed E-state index contributed by atoms with van der Waals surface area (Å²) in [5, 5.41) is 99.1. The smallest absolute Gasteiger partial charge is 0.338 e. The number of hydrogen-bond acceptors (Lipinski definition) is 31. The molecule has 97 heavy (non-hydrogen) atoms. The van der Waals surface area contributed by atoms with E-state index < -0.39 is 172 Å². The zero-order chi connectivity index (χ0) is 73.9. The monoisotopic (exact) mass is 1540 g/mol. The highest BCUT2D eigenvalue weighted by Crippen LogP contribution is 2.41. The Hall–Kier alpha value is -2.26. The van der Waals surface area contributed by atoms with Crippen molar-refractivity contribution in [2.75, 3.05) is 23.9 Å². The maximum absolute atomic E-state index is 11.5. The average Bonchev–Trinajstić information content (AvgIpc) is 1.64. The van der Waals surface area contributed by atoms with Crippen LogP contribution in [0.1, 0.15) is 157 Å². The molecular weight excluding hydrogens is 1420 g/mol. The van der Waals surface area contributed by atoms with Crippen LogP contribution in [0, 0.1) is 0 Å². The lowest BCUT2D eigenvalue weighted by Crippen LogP contribution is -2.40. The summed E-state index contributed by atoms with van der Waals surface area (Å²) >= 11 is 2.52. The van der Waals surface area contributed by atoms with Crippen molar-refractivity contribution in [2.24, 2.45) is 0 Å². The highest BCUT2D eigenvalue weighted by Gasteiger charge is 2.58. The van der Waals surface area contributed by atoms with E-state index in [1.807, 2.05) is 48.5 Å². The van der Waals surface area contributed by atoms with Gasteiger partial charge in [-0.1, -0.05) is 84.2 Å². The third kappa shape index (κ3) is 25.0. The van der Waals surface area contributed by atoms with Crippen LogP contribution in [0.5, 0.6) is 0 Å². The van der Waals surface area contributed by atoms with Crippen molar-refractivity contribution in [1.29, 1.82) is 0 Å². The van der Waals surface area contributed by atoms with Crippen LogP contribution in [-0.2, 0) is 95.0 Å². The van der Waals surface area contributed by atoms with Crippen molar-refractivity contribution in [2.45, 2.75) is 345 Å². The van der Waals surface area contributed by atoms with Gasteiger partial charge in [-0.25, -0.2) is 14.4 Å². The molecule has 10 aliphatic rings. The molecule has 0 aliphatic carbocycles. The summed E-state index contributed by atoms with van der Waals surface area (Å²) < 4.78 is 80.1. The molecule has 0 saturated carbocycles. The van der Waals surface area contributed by atoms with E-state index in [1.54, 1.807) is 55.4 Å². The number of carbonyl (C=O) groups is 5. The Morgan fingerprint density at radius 1 is 0.515 bits per heavy atom. The topological polar surface area (TPSA) is 478 Å². The minimum Gasteiger partial charge on any atom is -0.457 e. The van der Waals surface area contributed by atoms with Gasteiger partial charge in [-0.2, -0.15) is 0 Å². The van der Waals surface area contributed by atoms with E-state index in [-0.39, 0.29) is 60.1 Å². The average molecular weight is 1540 g/mol. The SMILES string of the molecule is CC(C)(C)[Si](C)(C)CI.CC1(C)OC2C(=O)O[C@H](CO)[C@H]2O1.CCC(=O)[C@H]1OC(C)(C)O[C@H]1C(C)=O.CC[C@@H](O)[C@H]1OC(C)(C)OC1C(C)O.CC[C@H]1OC(=O)C2OC(C)(C)O[C@@H]21.CC[C@H]1OC(O)C2OC(C)(C)O[C@@H]21.O.O=C1O[C@H](CO)[C@@H](O)[C@H]1O.OC[C@H]1OC(O)[C@H](O)[C@@H]1O. The Morgan fingerprint density at radius 3 is 1.28 bits per heavy atom. The summed E-state index contributed by atoms with van der Waals surface area (Å²) in [6, 6.07) is 0. The number of halogens is 1. The maximum atomic E-state index is 11.5. The molecule has 0 spiro atoms. The van der Waals surface area contributed by atoms with E-state index in [0.717, 1.165) is 12.8 Å². The number of hydrogen-bond donors (Lipinski definition) is 11. The standard InChI is InChI=1S/C10H20O4.C10H16O4.C9H16O4.C9H14O4.C8H12O5.C7H17ISi.C5H10O5.C5H8O5.H2O/c2*1-5-7(12)9-8(6(2)11)13-10(3,4)14-9;2*1-4-5-6-7(8(10)11-5)13-9(2,3)12-6;1-8(2)12-5-4(3-9)11-7(10)6(5)13-8;1-7(2,3)9(4,5)6-8;2*6-1-2-3(7)4(8)5(9)10-2;/h6-9,11-12H,5H2,1-4H3;8-9H,5H2,1-4H3;5-8,10H,4H2,1-3H3;5-7H,4H2,1-3H3;4-6,9H,3H2,1-2H3;6H2,1-5H3;2-9H,1H2;2-4,6-8H,1H2;1H2/t6?,7-,8?,9-;8-,9+;5-,6-,7?,8?;5-,6-,7?;4-,5-,6?;;2-,3-,4-,5?;2-,3-,4-;/m10111.11./s1. The van der Waals surface area contributed by atoms with Crippen LogP contribution in [0.15, 0.2) is 0 Å². The van der Waals surface area contributed by atoms with Crippen molar-refractivity contribution in [3.8, 4) is 0 Å². The summed E-state index contributed by atoms with van der Waals surface area (Å²) in [6.45, 7) is 39.3. The summed E-state index contributed by atoms with van der Waals surface area (Å²) in [6.07, 6.45) is -13.4. The van der Waals surface area contributed by atoms with Gasteiger partial charge < -0.3 is 133 Å². The highest BCUT2D eigenvalue weighted by atomic mass is 127. The zero-order valence-electron chi connectivity index (χ0n) is 59.9. The Morgan fingerprint density at radius 2 is 0.918 bits per heavy atom. The van der Waals surface area contributed by atoms with E-state index in [4.69, 9.17) is 102 Å². The molecule has 0 bridgehead atoms. The van der Waals surface area contributed by atoms with Crippen molar-refractivity contribution in [1.82, 2.24) is 0 Å². The molecule has 570 valence electrons. The zero-order valence-corrected chi connectivity index (χ0v) is 63.1. The van der Waals surface area contributed by atoms with Crippen LogP contribution in [0.25, 0.3) is 0 Å². The second-order valence-electron chi connectivity index (χ2n) is 28.4. The van der Waals surface area contributed by atoms with Gasteiger partial charge in [0.25, 0.3) is 0 Å². The lowest BCUT2D eigenvalue weighted by molar-refractivity contribution is -0.220. The Balaban J connectivity index is 0.000000378. The van der Waals surface area contributed by atoms with Gasteiger partial charge in [0, 0.05) is 6.42 Å². The summed E-state index contributed by atoms with van der Waals surface area (Å²) in [5.74, 6) is -5.44. The number of ketones is 2. The second kappa shape index (κ2) is 37.4.